The predicted octanol–water partition coefficient (Wildman–Crippen LogP) is 21.0. The Morgan fingerprint density at radius 1 is 0.610 bits per heavy atom. The highest BCUT2D eigenvalue weighted by molar-refractivity contribution is 14.3. The lowest BCUT2D eigenvalue weighted by molar-refractivity contribution is -0.276. The van der Waals surface area contributed by atoms with E-state index in [1.807, 2.05) is 19.1 Å². The van der Waals surface area contributed by atoms with Gasteiger partial charge in [0.05, 0.1) is 22.8 Å². The van der Waals surface area contributed by atoms with Gasteiger partial charge in [-0.05, 0) is 211 Å². The number of amides is 3. The number of fused-ring (bicyclic) bond motifs is 3. The summed E-state index contributed by atoms with van der Waals surface area (Å²) in [6.07, 6.45) is -10.3. The normalized spacial score (nSPS) is 19.6. The number of urea groups is 1. The van der Waals surface area contributed by atoms with Crippen molar-refractivity contribution in [2.45, 2.75) is 127 Å². The van der Waals surface area contributed by atoms with Gasteiger partial charge in [-0.3, -0.25) is 9.80 Å². The quantitative estimate of drug-likeness (QED) is 0.0490. The van der Waals surface area contributed by atoms with Crippen LogP contribution in [0.3, 0.4) is 0 Å². The van der Waals surface area contributed by atoms with Crippen LogP contribution in [0.5, 0.6) is 0 Å². The van der Waals surface area contributed by atoms with E-state index in [4.69, 9.17) is 98.4 Å². The molecule has 7 aliphatic rings. The van der Waals surface area contributed by atoms with Crippen LogP contribution in [0, 0.1) is 0 Å². The Morgan fingerprint density at radius 3 is 1.30 bits per heavy atom. The minimum atomic E-state index is -4.77. The highest BCUT2D eigenvalue weighted by Crippen LogP contribution is 2.53. The zero-order chi connectivity index (χ0) is 77.0. The van der Waals surface area contributed by atoms with Gasteiger partial charge in [0.2, 0.25) is 6.08 Å². The first kappa shape index (κ1) is 85.4. The van der Waals surface area contributed by atoms with Crippen molar-refractivity contribution >= 4 is 188 Å². The van der Waals surface area contributed by atoms with Gasteiger partial charge in [0.25, 0.3) is 16.8 Å². The number of oxime groups is 3. The third kappa shape index (κ3) is 21.2. The highest BCUT2D eigenvalue weighted by atomic mass is 127. The van der Waals surface area contributed by atoms with Crippen molar-refractivity contribution in [3.05, 3.63) is 189 Å². The van der Waals surface area contributed by atoms with E-state index in [9.17, 15) is 49.1 Å². The Morgan fingerprint density at radius 2 is 0.981 bits per heavy atom. The summed E-state index contributed by atoms with van der Waals surface area (Å²) in [5, 5.41) is 17.8. The number of hydrogen-bond donors (Lipinski definition) is 2. The number of ether oxygens (including phenoxy) is 2. The molecule has 3 atom stereocenters. The van der Waals surface area contributed by atoms with Crippen LogP contribution in [0.1, 0.15) is 117 Å². The smallest absolute Gasteiger partial charge is 0.435 e. The molecule has 6 aromatic rings. The van der Waals surface area contributed by atoms with E-state index in [0.717, 1.165) is 54.2 Å². The number of halogens is 17. The number of carbonyl (C=O) groups is 2. The molecule has 0 spiro atoms. The van der Waals surface area contributed by atoms with Crippen LogP contribution in [-0.4, -0.2) is 105 Å². The molecule has 0 aliphatic carbocycles. The summed E-state index contributed by atoms with van der Waals surface area (Å²) in [6.45, 7) is 13.7. The van der Waals surface area contributed by atoms with Gasteiger partial charge >= 0.3 is 30.7 Å². The average molecular weight is 1870 g/mol. The number of anilines is 3. The van der Waals surface area contributed by atoms with Crippen molar-refractivity contribution in [2.75, 3.05) is 61.1 Å². The second-order valence-electron chi connectivity index (χ2n) is 24.9. The number of isocyanates is 1. The average Bonchev–Trinajstić information content (AvgIpc) is 1.67. The van der Waals surface area contributed by atoms with E-state index in [1.54, 1.807) is 75.1 Å². The van der Waals surface area contributed by atoms with Crippen LogP contribution in [0.2, 0.25) is 30.1 Å². The minimum absolute atomic E-state index is 0.0675. The summed E-state index contributed by atoms with van der Waals surface area (Å²) in [5.41, 5.74) is -1.92. The molecule has 0 bridgehead atoms. The number of benzene rings is 6. The summed E-state index contributed by atoms with van der Waals surface area (Å²) < 4.78 is 138. The fourth-order valence-corrected chi connectivity index (χ4v) is 13.3. The number of hydrogen-bond acceptors (Lipinski definition) is 14. The summed E-state index contributed by atoms with van der Waals surface area (Å²) in [6, 6.07) is 26.7. The van der Waals surface area contributed by atoms with Gasteiger partial charge in [-0.15, -0.1) is 0 Å². The van der Waals surface area contributed by atoms with Crippen molar-refractivity contribution in [3.63, 3.8) is 0 Å². The van der Waals surface area contributed by atoms with E-state index in [-0.39, 0.29) is 70.0 Å². The molecule has 13 rings (SSSR count). The van der Waals surface area contributed by atoms with Crippen LogP contribution in [0.25, 0.3) is 0 Å². The van der Waals surface area contributed by atoms with Crippen molar-refractivity contribution in [2.24, 2.45) is 20.5 Å². The molecular weight excluding hydrogens is 1800 g/mol. The highest BCUT2D eigenvalue weighted by Gasteiger charge is 2.65. The Labute approximate surface area is 663 Å². The molecular formula is C69H65Cl6F9I2N8O8S3. The van der Waals surface area contributed by atoms with Crippen LogP contribution in [-0.2, 0) is 88.7 Å². The zero-order valence-corrected chi connectivity index (χ0v) is 67.4. The largest absolute Gasteiger partial charge is 0.443 e. The molecule has 3 amide bonds. The predicted molar refractivity (Wildman–Crippen MR) is 417 cm³/mol. The van der Waals surface area contributed by atoms with Crippen LogP contribution < -0.4 is 20.4 Å². The Hall–Kier alpha value is -5.23. The van der Waals surface area contributed by atoms with E-state index >= 15 is 0 Å². The monoisotopic (exact) mass is 1860 g/mol. The molecule has 1 fully saturated rings. The molecule has 7 aliphatic heterocycles. The van der Waals surface area contributed by atoms with E-state index in [0.29, 0.717) is 65.2 Å². The molecule has 0 aromatic heterocycles. The van der Waals surface area contributed by atoms with Gasteiger partial charge in [0.15, 0.2) is 0 Å². The van der Waals surface area contributed by atoms with Crippen LogP contribution in [0.4, 0.5) is 66.2 Å². The summed E-state index contributed by atoms with van der Waals surface area (Å²) >= 11 is 44.7. The van der Waals surface area contributed by atoms with Crippen molar-refractivity contribution in [1.29, 1.82) is 0 Å². The molecule has 2 N–H and O–H groups in total. The lowest BCUT2D eigenvalue weighted by Crippen LogP contribution is -2.42. The number of nitrogens with one attached hydrogen (secondary N) is 2. The second kappa shape index (κ2) is 36.5. The SMILES string of the molecule is C1CCOC1.CC(C)(C)OC(=O)N1CCc2cc(C3=NOC(c4cc(Cl)cc(Cl)c4)(C(F)(F)F)C3)ccc21.CCN=C=O.CCNC(=O)N1CCc2cc(C3=NOC(c4cc(Cl)cc(Cl)c4)(C(F)(F)F)C3)ccc21.FC(F)(F)C1(c2cc(Cl)cc(Cl)c2)CC(c2ccc3c(c2)CCN3)=NO1.S=S=S(I)I. The van der Waals surface area contributed by atoms with Crippen molar-refractivity contribution < 1.29 is 77.9 Å². The Kier molecular flexibility index (Phi) is 29.7. The van der Waals surface area contributed by atoms with Gasteiger partial charge in [-0.25, -0.2) is 19.4 Å². The van der Waals surface area contributed by atoms with Crippen molar-refractivity contribution in [3.8, 4) is 0 Å². The first-order chi connectivity index (χ1) is 49.4. The van der Waals surface area contributed by atoms with Gasteiger partial charge < -0.3 is 34.6 Å². The maximum Gasteiger partial charge on any atom is 0.435 e. The fraction of sp³-hybridized carbons (Fsp3) is 0.391. The van der Waals surface area contributed by atoms with E-state index < -0.39 is 66.3 Å². The molecule has 36 heteroatoms. The Bertz CT molecular complexity index is 4340. The molecule has 566 valence electrons. The van der Waals surface area contributed by atoms with Gasteiger partial charge in [-0.2, -0.15) is 39.5 Å². The first-order valence-corrected chi connectivity index (χ1v) is 42.8. The van der Waals surface area contributed by atoms with Crippen LogP contribution in [0.15, 0.2) is 130 Å². The van der Waals surface area contributed by atoms with Gasteiger partial charge in [0, 0.05) is 170 Å². The topological polar surface area (TPSA) is 177 Å². The van der Waals surface area contributed by atoms with Gasteiger partial charge in [-0.1, -0.05) is 103 Å². The molecule has 7 heterocycles. The molecule has 0 saturated carbocycles. The number of rotatable bonds is 8. The first-order valence-electron chi connectivity index (χ1n) is 31.9. The van der Waals surface area contributed by atoms with Crippen LogP contribution >= 0.6 is 112 Å². The number of carbonyl (C=O) groups excluding carboxylic acids is 3. The Balaban J connectivity index is 0.000000181. The minimum Gasteiger partial charge on any atom is -0.443 e. The zero-order valence-electron chi connectivity index (χ0n) is 56.1. The number of nitrogens with zero attached hydrogens (tertiary/aromatic N) is 6. The molecule has 6 aromatic carbocycles. The maximum atomic E-state index is 14.2. The molecule has 16 nitrogen and oxygen atoms in total. The fourth-order valence-electron chi connectivity index (χ4n) is 11.7. The number of aliphatic imine (C=N–C) groups is 1. The third-order valence-electron chi connectivity index (χ3n) is 16.6. The summed E-state index contributed by atoms with van der Waals surface area (Å²) in [7, 11) is 1.46. The molecule has 3 unspecified atom stereocenters. The maximum absolute atomic E-state index is 14.2. The van der Waals surface area contributed by atoms with Crippen molar-refractivity contribution in [1.82, 2.24) is 5.32 Å². The second-order valence-corrected chi connectivity index (χ2v) is 44.5. The standard InChI is InChI=1S/C23H21Cl2F3N2O3.C21H18Cl2F3N3O2.C18H13Cl2F3N2O.C4H8O.C3H5NO.I2S3/c1-21(2,3)32-20(31)30-7-6-14-8-13(4-5-19(14)30)18-12-22(33-29-18,23(26,27)28)15-9-16(24)11-17(25)10-15;1-2-27-19(30)29-6-5-13-7-12(3-4-18(13)29)17-11-20(31-28-17,21(24,25)26)14-8-15(22)10-16(23)9-14;19-13-6-12(7-14(20)8-13)17(18(21,22)23)9-16(25-26-17)10-1-2-15-11(5-10)3-4-24-15;1-2-4-5-3-1;1-2-4-3-5;1-5(2)4-3/h4-5,8-11H,6-7,12H2,1-3H3;3-4,7-10H,2,5-6,11H2,1H3,(H,27,30);1-2,5-8,24H,3-4,9H2;1-4H2;2H2,1H3;. The summed E-state index contributed by atoms with van der Waals surface area (Å²) in [5.74, 6) is 0. The molecule has 0 radical (unpaired) electrons. The van der Waals surface area contributed by atoms with E-state index in [2.05, 4.69) is 84.7 Å². The third-order valence-corrected chi connectivity index (χ3v) is 27.2. The van der Waals surface area contributed by atoms with Gasteiger partial charge in [0.1, 0.15) is 5.60 Å². The molecule has 105 heavy (non-hydrogen) atoms. The lowest BCUT2D eigenvalue weighted by atomic mass is 9.86. The summed E-state index contributed by atoms with van der Waals surface area (Å²) in [4.78, 5) is 55.2. The van der Waals surface area contributed by atoms with E-state index in [1.165, 1.54) is 87.3 Å². The lowest BCUT2D eigenvalue weighted by Gasteiger charge is -2.29. The molecule has 1 saturated heterocycles. The number of alkyl halides is 9.